The van der Waals surface area contributed by atoms with Gasteiger partial charge in [0.2, 0.25) is 0 Å². The van der Waals surface area contributed by atoms with Gasteiger partial charge in [-0.3, -0.25) is 14.2 Å². The Labute approximate surface area is 106 Å². The lowest BCUT2D eigenvalue weighted by Crippen LogP contribution is -2.19. The Kier molecular flexibility index (Phi) is 3.44. The Morgan fingerprint density at radius 1 is 1.53 bits per heavy atom. The van der Waals surface area contributed by atoms with E-state index in [1.165, 1.54) is 15.9 Å². The molecule has 0 aliphatic rings. The van der Waals surface area contributed by atoms with Crippen molar-refractivity contribution in [2.45, 2.75) is 19.9 Å². The van der Waals surface area contributed by atoms with Crippen LogP contribution >= 0.6 is 22.7 Å². The molecule has 0 fully saturated rings. The van der Waals surface area contributed by atoms with Crippen molar-refractivity contribution in [3.63, 3.8) is 0 Å². The normalized spacial score (nSPS) is 10.6. The monoisotopic (exact) mass is 269 g/mol. The van der Waals surface area contributed by atoms with Gasteiger partial charge in [-0.1, -0.05) is 24.3 Å². The second-order valence-corrected chi connectivity index (χ2v) is 5.44. The number of aliphatic carboxylic acids is 1. The van der Waals surface area contributed by atoms with E-state index in [-0.39, 0.29) is 11.4 Å². The highest BCUT2D eigenvalue weighted by Gasteiger charge is 2.17. The van der Waals surface area contributed by atoms with E-state index in [9.17, 15) is 9.59 Å². The van der Waals surface area contributed by atoms with E-state index in [4.69, 9.17) is 5.11 Å². The molecule has 0 unspecified atom stereocenters. The van der Waals surface area contributed by atoms with Gasteiger partial charge in [0.15, 0.2) is 0 Å². The summed E-state index contributed by atoms with van der Waals surface area (Å²) < 4.78 is 1.34. The minimum atomic E-state index is -0.995. The van der Waals surface area contributed by atoms with Crippen LogP contribution in [-0.2, 0) is 17.8 Å². The fraction of sp³-hybridized carbons (Fsp3) is 0.273. The first kappa shape index (κ1) is 12.1. The van der Waals surface area contributed by atoms with Crippen molar-refractivity contribution >= 4 is 28.6 Å². The molecule has 0 aromatic carbocycles. The lowest BCUT2D eigenvalue weighted by atomic mass is 10.2. The second-order valence-electron chi connectivity index (χ2n) is 3.45. The van der Waals surface area contributed by atoms with Crippen LogP contribution in [0.3, 0.4) is 0 Å². The molecule has 0 saturated carbocycles. The average Bonchev–Trinajstić information content (AvgIpc) is 2.87. The zero-order valence-corrected chi connectivity index (χ0v) is 10.8. The van der Waals surface area contributed by atoms with Crippen molar-refractivity contribution in [3.05, 3.63) is 32.1 Å². The zero-order valence-electron chi connectivity index (χ0n) is 9.17. The van der Waals surface area contributed by atoms with Crippen LogP contribution < -0.4 is 4.87 Å². The van der Waals surface area contributed by atoms with Gasteiger partial charge < -0.3 is 5.11 Å². The van der Waals surface area contributed by atoms with Crippen molar-refractivity contribution in [2.24, 2.45) is 0 Å². The maximum atomic E-state index is 11.8. The summed E-state index contributed by atoms with van der Waals surface area (Å²) in [7, 11) is 0. The summed E-state index contributed by atoms with van der Waals surface area (Å²) in [5.41, 5.74) is 0.764. The molecule has 4 nitrogen and oxygen atoms in total. The number of carboxylic acids is 1. The van der Waals surface area contributed by atoms with Gasteiger partial charge >= 0.3 is 10.8 Å². The number of carboxylic acid groups (broad SMARTS) is 1. The van der Waals surface area contributed by atoms with Gasteiger partial charge in [0.1, 0.15) is 6.54 Å². The quantitative estimate of drug-likeness (QED) is 0.926. The first-order valence-electron chi connectivity index (χ1n) is 5.11. The largest absolute Gasteiger partial charge is 0.480 e. The molecule has 0 atom stereocenters. The molecule has 2 heterocycles. The van der Waals surface area contributed by atoms with Gasteiger partial charge in [0.25, 0.3) is 0 Å². The fourth-order valence-electron chi connectivity index (χ4n) is 1.65. The molecule has 1 N–H and O–H groups in total. The van der Waals surface area contributed by atoms with Crippen LogP contribution in [-0.4, -0.2) is 15.6 Å². The number of nitrogens with zero attached hydrogens (tertiary/aromatic N) is 1. The van der Waals surface area contributed by atoms with Gasteiger partial charge in [0.05, 0.1) is 10.6 Å². The molecule has 0 radical (unpaired) electrons. The molecule has 2 aromatic heterocycles. The Hall–Kier alpha value is -1.40. The molecule has 2 aromatic rings. The minimum absolute atomic E-state index is 0.201. The summed E-state index contributed by atoms with van der Waals surface area (Å²) in [5.74, 6) is -0.995. The molecular weight excluding hydrogens is 258 g/mol. The van der Waals surface area contributed by atoms with Crippen molar-refractivity contribution in [2.75, 3.05) is 0 Å². The maximum Gasteiger partial charge on any atom is 0.323 e. The highest BCUT2D eigenvalue weighted by molar-refractivity contribution is 7.14. The SMILES string of the molecule is CCc1sc(=O)n(CC(=O)O)c1-c1cccs1. The Morgan fingerprint density at radius 2 is 2.29 bits per heavy atom. The number of rotatable bonds is 4. The summed E-state index contributed by atoms with van der Waals surface area (Å²) in [6.45, 7) is 1.69. The van der Waals surface area contributed by atoms with E-state index in [0.717, 1.165) is 33.2 Å². The number of hydrogen-bond donors (Lipinski definition) is 1. The Bertz CT molecular complexity index is 580. The van der Waals surface area contributed by atoms with Crippen LogP contribution in [0.5, 0.6) is 0 Å². The number of aryl methyl sites for hydroxylation is 1. The maximum absolute atomic E-state index is 11.8. The Morgan fingerprint density at radius 3 is 2.82 bits per heavy atom. The molecule has 2 rings (SSSR count). The molecule has 0 bridgehead atoms. The van der Waals surface area contributed by atoms with Crippen molar-refractivity contribution in [1.29, 1.82) is 0 Å². The summed E-state index contributed by atoms with van der Waals surface area (Å²) >= 11 is 2.65. The smallest absolute Gasteiger partial charge is 0.323 e. The van der Waals surface area contributed by atoms with Crippen LogP contribution in [0, 0.1) is 0 Å². The fourth-order valence-corrected chi connectivity index (χ4v) is 3.46. The van der Waals surface area contributed by atoms with Gasteiger partial charge in [-0.05, 0) is 17.9 Å². The minimum Gasteiger partial charge on any atom is -0.480 e. The number of thiophene rings is 1. The van der Waals surface area contributed by atoms with E-state index < -0.39 is 5.97 Å². The van der Waals surface area contributed by atoms with Gasteiger partial charge in [0, 0.05) is 4.88 Å². The number of hydrogen-bond acceptors (Lipinski definition) is 4. The number of thiazole rings is 1. The third-order valence-electron chi connectivity index (χ3n) is 2.33. The van der Waals surface area contributed by atoms with Gasteiger partial charge in [-0.2, -0.15) is 0 Å². The first-order valence-corrected chi connectivity index (χ1v) is 6.81. The van der Waals surface area contributed by atoms with E-state index in [1.54, 1.807) is 0 Å². The van der Waals surface area contributed by atoms with Crippen LogP contribution in [0.25, 0.3) is 10.6 Å². The van der Waals surface area contributed by atoms with E-state index in [1.807, 2.05) is 24.4 Å². The molecule has 6 heteroatoms. The number of carbonyl (C=O) groups is 1. The average molecular weight is 269 g/mol. The predicted molar refractivity (Wildman–Crippen MR) is 68.9 cm³/mol. The standard InChI is InChI=1S/C11H11NO3S2/c1-2-7-10(8-4-3-5-16-8)12(6-9(13)14)11(15)17-7/h3-5H,2,6H2,1H3,(H,13,14). The lowest BCUT2D eigenvalue weighted by molar-refractivity contribution is -0.137. The van der Waals surface area contributed by atoms with Crippen LogP contribution in [0.15, 0.2) is 22.3 Å². The van der Waals surface area contributed by atoms with Crippen molar-refractivity contribution in [1.82, 2.24) is 4.57 Å². The molecule has 0 spiro atoms. The molecule has 0 aliphatic carbocycles. The van der Waals surface area contributed by atoms with Gasteiger partial charge in [-0.25, -0.2) is 0 Å². The number of aromatic nitrogens is 1. The summed E-state index contributed by atoms with van der Waals surface area (Å²) in [5, 5.41) is 10.8. The summed E-state index contributed by atoms with van der Waals surface area (Å²) in [6.07, 6.45) is 0.736. The van der Waals surface area contributed by atoms with E-state index in [0.29, 0.717) is 0 Å². The van der Waals surface area contributed by atoms with E-state index >= 15 is 0 Å². The Balaban J connectivity index is 2.61. The molecule has 17 heavy (non-hydrogen) atoms. The topological polar surface area (TPSA) is 59.3 Å². The van der Waals surface area contributed by atoms with Crippen molar-refractivity contribution < 1.29 is 9.90 Å². The lowest BCUT2D eigenvalue weighted by Gasteiger charge is -2.04. The molecule has 0 amide bonds. The highest BCUT2D eigenvalue weighted by atomic mass is 32.1. The third-order valence-corrected chi connectivity index (χ3v) is 4.33. The summed E-state index contributed by atoms with van der Waals surface area (Å²) in [4.78, 5) is 24.2. The predicted octanol–water partition coefficient (Wildman–Crippen LogP) is 2.29. The summed E-state index contributed by atoms with van der Waals surface area (Å²) in [6, 6.07) is 3.80. The molecule has 90 valence electrons. The second kappa shape index (κ2) is 4.85. The van der Waals surface area contributed by atoms with E-state index in [2.05, 4.69) is 0 Å². The van der Waals surface area contributed by atoms with Crippen LogP contribution in [0.1, 0.15) is 11.8 Å². The first-order chi connectivity index (χ1) is 8.13. The van der Waals surface area contributed by atoms with Gasteiger partial charge in [-0.15, -0.1) is 11.3 Å². The van der Waals surface area contributed by atoms with Crippen LogP contribution in [0.2, 0.25) is 0 Å². The third kappa shape index (κ3) is 2.32. The molecule has 0 aliphatic heterocycles. The zero-order chi connectivity index (χ0) is 12.4. The van der Waals surface area contributed by atoms with Crippen molar-refractivity contribution in [3.8, 4) is 10.6 Å². The molecular formula is C11H11NO3S2. The molecule has 0 saturated heterocycles. The van der Waals surface area contributed by atoms with Crippen LogP contribution in [0.4, 0.5) is 0 Å². The highest BCUT2D eigenvalue weighted by Crippen LogP contribution is 2.29.